The maximum absolute atomic E-state index is 5.78. The molecule has 1 saturated heterocycles. The van der Waals surface area contributed by atoms with Crippen LogP contribution in [0.25, 0.3) is 0 Å². The third kappa shape index (κ3) is 2.30. The maximum atomic E-state index is 5.78. The molecule has 0 aromatic carbocycles. The van der Waals surface area contributed by atoms with E-state index in [1.54, 1.807) is 7.11 Å². The Hall–Kier alpha value is -0.800. The van der Waals surface area contributed by atoms with E-state index in [0.29, 0.717) is 12.0 Å². The highest BCUT2D eigenvalue weighted by Crippen LogP contribution is 2.23. The van der Waals surface area contributed by atoms with Crippen LogP contribution in [0, 0.1) is 6.92 Å². The van der Waals surface area contributed by atoms with Gasteiger partial charge in [-0.3, -0.25) is 0 Å². The molecule has 1 aliphatic rings. The van der Waals surface area contributed by atoms with Gasteiger partial charge in [0.25, 0.3) is 0 Å². The standard InChI is InChI=1S/C12H17ClN2O/c1-9-5-10(6-13)7-14-12(9)15-4-3-11(8-15)16-2/h5,7,11H,3-4,6,8H2,1-2H3. The summed E-state index contributed by atoms with van der Waals surface area (Å²) >= 11 is 5.78. The lowest BCUT2D eigenvalue weighted by molar-refractivity contribution is 0.121. The molecule has 3 nitrogen and oxygen atoms in total. The topological polar surface area (TPSA) is 25.4 Å². The van der Waals surface area contributed by atoms with Crippen molar-refractivity contribution in [1.29, 1.82) is 0 Å². The normalized spacial score (nSPS) is 20.4. The monoisotopic (exact) mass is 240 g/mol. The van der Waals surface area contributed by atoms with Crippen molar-refractivity contribution in [3.8, 4) is 0 Å². The Morgan fingerprint density at radius 3 is 3.00 bits per heavy atom. The van der Waals surface area contributed by atoms with Crippen LogP contribution in [0.5, 0.6) is 0 Å². The molecule has 1 aliphatic heterocycles. The highest BCUT2D eigenvalue weighted by atomic mass is 35.5. The van der Waals surface area contributed by atoms with Gasteiger partial charge in [-0.2, -0.15) is 0 Å². The number of aromatic nitrogens is 1. The number of nitrogens with zero attached hydrogens (tertiary/aromatic N) is 2. The van der Waals surface area contributed by atoms with E-state index in [2.05, 4.69) is 22.9 Å². The summed E-state index contributed by atoms with van der Waals surface area (Å²) in [7, 11) is 1.77. The maximum Gasteiger partial charge on any atom is 0.131 e. The first-order valence-corrected chi connectivity index (χ1v) is 6.07. The number of ether oxygens (including phenoxy) is 1. The minimum absolute atomic E-state index is 0.342. The molecule has 0 spiro atoms. The molecule has 0 N–H and O–H groups in total. The number of anilines is 1. The van der Waals surface area contributed by atoms with Crippen molar-refractivity contribution >= 4 is 17.4 Å². The Kier molecular flexibility index (Phi) is 3.66. The largest absolute Gasteiger partial charge is 0.380 e. The molecule has 0 aliphatic carbocycles. The average molecular weight is 241 g/mol. The van der Waals surface area contributed by atoms with E-state index in [1.807, 2.05) is 6.20 Å². The van der Waals surface area contributed by atoms with Crippen molar-refractivity contribution in [3.05, 3.63) is 23.4 Å². The number of hydrogen-bond acceptors (Lipinski definition) is 3. The summed E-state index contributed by atoms with van der Waals surface area (Å²) < 4.78 is 5.36. The van der Waals surface area contributed by atoms with Gasteiger partial charge in [0.15, 0.2) is 0 Å². The van der Waals surface area contributed by atoms with Gasteiger partial charge >= 0.3 is 0 Å². The molecule has 16 heavy (non-hydrogen) atoms. The van der Waals surface area contributed by atoms with Crippen molar-refractivity contribution in [3.63, 3.8) is 0 Å². The van der Waals surface area contributed by atoms with E-state index in [0.717, 1.165) is 30.9 Å². The van der Waals surface area contributed by atoms with Gasteiger partial charge in [-0.05, 0) is 30.5 Å². The molecule has 1 aromatic heterocycles. The van der Waals surface area contributed by atoms with Crippen LogP contribution in [-0.4, -0.2) is 31.3 Å². The first kappa shape index (κ1) is 11.7. The van der Waals surface area contributed by atoms with Crippen molar-refractivity contribution < 1.29 is 4.74 Å². The van der Waals surface area contributed by atoms with Crippen molar-refractivity contribution in [2.24, 2.45) is 0 Å². The molecule has 0 radical (unpaired) electrons. The number of hydrogen-bond donors (Lipinski definition) is 0. The minimum Gasteiger partial charge on any atom is -0.380 e. The van der Waals surface area contributed by atoms with Gasteiger partial charge in [0.2, 0.25) is 0 Å². The molecule has 1 fully saturated rings. The van der Waals surface area contributed by atoms with Gasteiger partial charge in [0, 0.05) is 32.3 Å². The molecule has 88 valence electrons. The highest BCUT2D eigenvalue weighted by molar-refractivity contribution is 6.17. The Bertz CT molecular complexity index is 370. The number of rotatable bonds is 3. The van der Waals surface area contributed by atoms with Crippen LogP contribution < -0.4 is 4.90 Å². The Balaban J connectivity index is 2.15. The lowest BCUT2D eigenvalue weighted by atomic mass is 10.2. The molecule has 1 atom stereocenters. The third-order valence-electron chi connectivity index (χ3n) is 3.04. The Morgan fingerprint density at radius 1 is 1.62 bits per heavy atom. The third-order valence-corrected chi connectivity index (χ3v) is 3.35. The summed E-state index contributed by atoms with van der Waals surface area (Å²) in [5.41, 5.74) is 2.26. The molecule has 0 saturated carbocycles. The number of methoxy groups -OCH3 is 1. The Labute approximate surface area is 101 Å². The van der Waals surface area contributed by atoms with E-state index in [1.165, 1.54) is 5.56 Å². The van der Waals surface area contributed by atoms with Crippen LogP contribution in [0.2, 0.25) is 0 Å². The fourth-order valence-corrected chi connectivity index (χ4v) is 2.29. The molecular weight excluding hydrogens is 224 g/mol. The Morgan fingerprint density at radius 2 is 2.44 bits per heavy atom. The number of halogens is 1. The van der Waals surface area contributed by atoms with Gasteiger partial charge in [0.05, 0.1) is 6.10 Å². The number of pyridine rings is 1. The van der Waals surface area contributed by atoms with Crippen LogP contribution in [0.15, 0.2) is 12.3 Å². The summed E-state index contributed by atoms with van der Waals surface area (Å²) in [6, 6.07) is 2.11. The van der Waals surface area contributed by atoms with E-state index in [9.17, 15) is 0 Å². The van der Waals surface area contributed by atoms with Gasteiger partial charge in [-0.25, -0.2) is 4.98 Å². The quantitative estimate of drug-likeness (QED) is 0.759. The smallest absolute Gasteiger partial charge is 0.131 e. The molecular formula is C12H17ClN2O. The van der Waals surface area contributed by atoms with E-state index < -0.39 is 0 Å². The van der Waals surface area contributed by atoms with E-state index >= 15 is 0 Å². The van der Waals surface area contributed by atoms with Gasteiger partial charge in [-0.15, -0.1) is 11.6 Å². The highest BCUT2D eigenvalue weighted by Gasteiger charge is 2.23. The van der Waals surface area contributed by atoms with Gasteiger partial charge in [-0.1, -0.05) is 0 Å². The molecule has 1 unspecified atom stereocenters. The number of alkyl halides is 1. The van der Waals surface area contributed by atoms with Gasteiger partial charge < -0.3 is 9.64 Å². The van der Waals surface area contributed by atoms with Crippen molar-refractivity contribution in [2.45, 2.75) is 25.3 Å². The lowest BCUT2D eigenvalue weighted by Gasteiger charge is -2.19. The molecule has 1 aromatic rings. The zero-order valence-corrected chi connectivity index (χ0v) is 10.5. The predicted molar refractivity (Wildman–Crippen MR) is 66.2 cm³/mol. The molecule has 0 bridgehead atoms. The zero-order valence-electron chi connectivity index (χ0n) is 9.74. The van der Waals surface area contributed by atoms with E-state index in [-0.39, 0.29) is 0 Å². The van der Waals surface area contributed by atoms with Crippen molar-refractivity contribution in [1.82, 2.24) is 4.98 Å². The van der Waals surface area contributed by atoms with Gasteiger partial charge in [0.1, 0.15) is 5.82 Å². The van der Waals surface area contributed by atoms with Crippen LogP contribution in [0.3, 0.4) is 0 Å². The van der Waals surface area contributed by atoms with Crippen LogP contribution >= 0.6 is 11.6 Å². The molecule has 2 rings (SSSR count). The molecule has 4 heteroatoms. The minimum atomic E-state index is 0.342. The fourth-order valence-electron chi connectivity index (χ4n) is 2.14. The SMILES string of the molecule is COC1CCN(c2ncc(CCl)cc2C)C1. The first-order valence-electron chi connectivity index (χ1n) is 5.54. The average Bonchev–Trinajstić information content (AvgIpc) is 2.77. The van der Waals surface area contributed by atoms with Crippen molar-refractivity contribution in [2.75, 3.05) is 25.1 Å². The predicted octanol–water partition coefficient (Wildman–Crippen LogP) is 2.35. The molecule has 2 heterocycles. The summed E-state index contributed by atoms with van der Waals surface area (Å²) in [5, 5.41) is 0. The summed E-state index contributed by atoms with van der Waals surface area (Å²) in [4.78, 5) is 6.77. The van der Waals surface area contributed by atoms with E-state index in [4.69, 9.17) is 16.3 Å². The number of aryl methyl sites for hydroxylation is 1. The van der Waals surface area contributed by atoms with Crippen LogP contribution in [0.1, 0.15) is 17.5 Å². The van der Waals surface area contributed by atoms with Crippen LogP contribution in [-0.2, 0) is 10.6 Å². The summed E-state index contributed by atoms with van der Waals surface area (Å²) in [5.74, 6) is 1.59. The second-order valence-electron chi connectivity index (χ2n) is 4.21. The second-order valence-corrected chi connectivity index (χ2v) is 4.48. The summed E-state index contributed by atoms with van der Waals surface area (Å²) in [6.07, 6.45) is 3.28. The first-order chi connectivity index (χ1) is 7.74. The summed E-state index contributed by atoms with van der Waals surface area (Å²) in [6.45, 7) is 4.04. The van der Waals surface area contributed by atoms with Crippen LogP contribution in [0.4, 0.5) is 5.82 Å². The zero-order chi connectivity index (χ0) is 11.5. The fraction of sp³-hybridized carbons (Fsp3) is 0.583. The lowest BCUT2D eigenvalue weighted by Crippen LogP contribution is -2.23. The molecule has 0 amide bonds. The second kappa shape index (κ2) is 5.02.